The first-order chi connectivity index (χ1) is 13.1. The monoisotopic (exact) mass is 367 g/mol. The number of likely N-dealkylation sites (tertiary alicyclic amines) is 1. The number of halogens is 1. The standard InChI is InChI=1S/C20H22FN5O/c1-14(20(27)22-17-6-4-5-16(21)13-17)25-11-8-15(9-12-25)19-24-23-18-7-2-3-10-26(18)19/h2-7,10,13-15H,8-9,11-12H2,1H3,(H,22,27). The average molecular weight is 367 g/mol. The van der Waals surface area contributed by atoms with Crippen LogP contribution in [0.1, 0.15) is 31.5 Å². The molecule has 1 atom stereocenters. The molecule has 1 saturated heterocycles. The Hall–Kier alpha value is -2.80. The molecule has 3 aromatic rings. The molecule has 1 amide bonds. The van der Waals surface area contributed by atoms with Gasteiger partial charge in [-0.2, -0.15) is 0 Å². The zero-order chi connectivity index (χ0) is 18.8. The number of benzene rings is 1. The second-order valence-electron chi connectivity index (χ2n) is 6.97. The van der Waals surface area contributed by atoms with E-state index in [0.29, 0.717) is 11.6 Å². The Kier molecular flexibility index (Phi) is 4.85. The van der Waals surface area contributed by atoms with Crippen LogP contribution in [0, 0.1) is 5.82 Å². The smallest absolute Gasteiger partial charge is 0.241 e. The lowest BCUT2D eigenvalue weighted by Crippen LogP contribution is -2.45. The van der Waals surface area contributed by atoms with Crippen molar-refractivity contribution in [1.82, 2.24) is 19.5 Å². The number of rotatable bonds is 4. The molecule has 0 radical (unpaired) electrons. The molecule has 1 N–H and O–H groups in total. The van der Waals surface area contributed by atoms with Crippen LogP contribution < -0.4 is 5.32 Å². The zero-order valence-corrected chi connectivity index (χ0v) is 15.2. The lowest BCUT2D eigenvalue weighted by Gasteiger charge is -2.34. The number of carbonyl (C=O) groups is 1. The normalized spacial score (nSPS) is 17.1. The summed E-state index contributed by atoms with van der Waals surface area (Å²) in [7, 11) is 0. The van der Waals surface area contributed by atoms with E-state index in [1.54, 1.807) is 12.1 Å². The topological polar surface area (TPSA) is 62.5 Å². The molecule has 6 nitrogen and oxygen atoms in total. The van der Waals surface area contributed by atoms with E-state index >= 15 is 0 Å². The molecule has 4 rings (SSSR count). The third-order valence-corrected chi connectivity index (χ3v) is 5.25. The third kappa shape index (κ3) is 3.68. The van der Waals surface area contributed by atoms with E-state index in [1.165, 1.54) is 12.1 Å². The highest BCUT2D eigenvalue weighted by atomic mass is 19.1. The molecule has 0 bridgehead atoms. The number of fused-ring (bicyclic) bond motifs is 1. The van der Waals surface area contributed by atoms with Gasteiger partial charge in [0.15, 0.2) is 5.65 Å². The molecule has 1 fully saturated rings. The Morgan fingerprint density at radius 2 is 2.00 bits per heavy atom. The first-order valence-electron chi connectivity index (χ1n) is 9.22. The first-order valence-corrected chi connectivity index (χ1v) is 9.22. The molecule has 1 aliphatic heterocycles. The van der Waals surface area contributed by atoms with E-state index in [-0.39, 0.29) is 17.8 Å². The highest BCUT2D eigenvalue weighted by Crippen LogP contribution is 2.28. The van der Waals surface area contributed by atoms with Gasteiger partial charge in [-0.1, -0.05) is 12.1 Å². The van der Waals surface area contributed by atoms with Crippen LogP contribution >= 0.6 is 0 Å². The highest BCUT2D eigenvalue weighted by molar-refractivity contribution is 5.94. The van der Waals surface area contributed by atoms with Gasteiger partial charge in [0.25, 0.3) is 0 Å². The average Bonchev–Trinajstić information content (AvgIpc) is 3.12. The fourth-order valence-electron chi connectivity index (χ4n) is 3.66. The van der Waals surface area contributed by atoms with E-state index < -0.39 is 0 Å². The third-order valence-electron chi connectivity index (χ3n) is 5.25. The van der Waals surface area contributed by atoms with Gasteiger partial charge in [-0.05, 0) is 63.2 Å². The van der Waals surface area contributed by atoms with Crippen LogP contribution in [0.15, 0.2) is 48.7 Å². The molecular weight excluding hydrogens is 345 g/mol. The number of nitrogens with one attached hydrogen (secondary N) is 1. The van der Waals surface area contributed by atoms with Crippen LogP contribution in [-0.4, -0.2) is 44.5 Å². The molecule has 1 unspecified atom stereocenters. The number of amides is 1. The van der Waals surface area contributed by atoms with Crippen molar-refractivity contribution in [3.63, 3.8) is 0 Å². The SMILES string of the molecule is CC(C(=O)Nc1cccc(F)c1)N1CCC(c2nnc3ccccn23)CC1. The van der Waals surface area contributed by atoms with Crippen LogP contribution in [0.2, 0.25) is 0 Å². The zero-order valence-electron chi connectivity index (χ0n) is 15.2. The van der Waals surface area contributed by atoms with Crippen molar-refractivity contribution in [1.29, 1.82) is 0 Å². The van der Waals surface area contributed by atoms with E-state index in [0.717, 1.165) is 37.4 Å². The number of hydrogen-bond acceptors (Lipinski definition) is 4. The van der Waals surface area contributed by atoms with Gasteiger partial charge < -0.3 is 5.32 Å². The van der Waals surface area contributed by atoms with E-state index in [4.69, 9.17) is 0 Å². The summed E-state index contributed by atoms with van der Waals surface area (Å²) in [6.45, 7) is 3.51. The summed E-state index contributed by atoms with van der Waals surface area (Å²) in [6, 6.07) is 11.6. The van der Waals surface area contributed by atoms with Gasteiger partial charge >= 0.3 is 0 Å². The molecule has 1 aliphatic rings. The first kappa shape index (κ1) is 17.6. The second kappa shape index (κ2) is 7.44. The van der Waals surface area contributed by atoms with Gasteiger partial charge in [0, 0.05) is 17.8 Å². The minimum absolute atomic E-state index is 0.119. The van der Waals surface area contributed by atoms with E-state index in [9.17, 15) is 9.18 Å². The van der Waals surface area contributed by atoms with E-state index in [2.05, 4.69) is 20.4 Å². The Balaban J connectivity index is 1.37. The van der Waals surface area contributed by atoms with E-state index in [1.807, 2.05) is 35.7 Å². The maximum absolute atomic E-state index is 13.3. The largest absolute Gasteiger partial charge is 0.325 e. The molecule has 0 saturated carbocycles. The van der Waals surface area contributed by atoms with Crippen LogP contribution in [0.3, 0.4) is 0 Å². The Morgan fingerprint density at radius 1 is 1.19 bits per heavy atom. The summed E-state index contributed by atoms with van der Waals surface area (Å²) < 4.78 is 15.3. The number of carbonyl (C=O) groups excluding carboxylic acids is 1. The molecule has 3 heterocycles. The molecule has 2 aromatic heterocycles. The summed E-state index contributed by atoms with van der Waals surface area (Å²) >= 11 is 0. The summed E-state index contributed by atoms with van der Waals surface area (Å²) in [5, 5.41) is 11.4. The number of anilines is 1. The minimum Gasteiger partial charge on any atom is -0.325 e. The molecule has 0 spiro atoms. The highest BCUT2D eigenvalue weighted by Gasteiger charge is 2.29. The molecule has 1 aromatic carbocycles. The van der Waals surface area contributed by atoms with Crippen molar-refractivity contribution >= 4 is 17.2 Å². The molecule has 140 valence electrons. The van der Waals surface area contributed by atoms with Gasteiger partial charge in [-0.3, -0.25) is 14.1 Å². The van der Waals surface area contributed by atoms with Gasteiger partial charge in [-0.25, -0.2) is 4.39 Å². The maximum atomic E-state index is 13.3. The number of aromatic nitrogens is 3. The predicted molar refractivity (Wildman–Crippen MR) is 101 cm³/mol. The summed E-state index contributed by atoms with van der Waals surface area (Å²) in [5.41, 5.74) is 1.34. The fraction of sp³-hybridized carbons (Fsp3) is 0.350. The molecule has 7 heteroatoms. The number of hydrogen-bond donors (Lipinski definition) is 1. The van der Waals surface area contributed by atoms with Crippen molar-refractivity contribution in [2.75, 3.05) is 18.4 Å². The number of nitrogens with zero attached hydrogens (tertiary/aromatic N) is 4. The molecule has 0 aliphatic carbocycles. The second-order valence-corrected chi connectivity index (χ2v) is 6.97. The predicted octanol–water partition coefficient (Wildman–Crippen LogP) is 3.08. The van der Waals surface area contributed by atoms with Crippen molar-refractivity contribution in [2.24, 2.45) is 0 Å². The Morgan fingerprint density at radius 3 is 2.78 bits per heavy atom. The Bertz CT molecular complexity index is 948. The minimum atomic E-state index is -0.359. The van der Waals surface area contributed by atoms with Crippen molar-refractivity contribution in [3.05, 3.63) is 60.3 Å². The van der Waals surface area contributed by atoms with Gasteiger partial charge in [0.05, 0.1) is 6.04 Å². The molecular formula is C20H22FN5O. The van der Waals surface area contributed by atoms with Crippen molar-refractivity contribution < 1.29 is 9.18 Å². The maximum Gasteiger partial charge on any atom is 0.241 e. The van der Waals surface area contributed by atoms with Crippen LogP contribution in [0.4, 0.5) is 10.1 Å². The summed E-state index contributed by atoms with van der Waals surface area (Å²) in [4.78, 5) is 14.7. The summed E-state index contributed by atoms with van der Waals surface area (Å²) in [6.07, 6.45) is 3.84. The number of piperidine rings is 1. The van der Waals surface area contributed by atoms with Crippen LogP contribution in [0.5, 0.6) is 0 Å². The van der Waals surface area contributed by atoms with Gasteiger partial charge in [-0.15, -0.1) is 10.2 Å². The van der Waals surface area contributed by atoms with Gasteiger partial charge in [0.1, 0.15) is 11.6 Å². The summed E-state index contributed by atoms with van der Waals surface area (Å²) in [5.74, 6) is 0.841. The lowest BCUT2D eigenvalue weighted by atomic mass is 9.95. The fourth-order valence-corrected chi connectivity index (χ4v) is 3.66. The quantitative estimate of drug-likeness (QED) is 0.770. The lowest BCUT2D eigenvalue weighted by molar-refractivity contribution is -0.121. The van der Waals surface area contributed by atoms with Crippen molar-refractivity contribution in [2.45, 2.75) is 31.7 Å². The molecule has 27 heavy (non-hydrogen) atoms. The van der Waals surface area contributed by atoms with Crippen molar-refractivity contribution in [3.8, 4) is 0 Å². The van der Waals surface area contributed by atoms with Crippen LogP contribution in [-0.2, 0) is 4.79 Å². The Labute approximate surface area is 157 Å². The number of pyridine rings is 1. The van der Waals surface area contributed by atoms with Gasteiger partial charge in [0.2, 0.25) is 5.91 Å². The van der Waals surface area contributed by atoms with Crippen LogP contribution in [0.25, 0.3) is 5.65 Å².